The average Bonchev–Trinajstić information content (AvgIpc) is 3.04. The van der Waals surface area contributed by atoms with Crippen LogP contribution in [0.15, 0.2) is 28.9 Å². The largest absolute Gasteiger partial charge is 0.325 e. The van der Waals surface area contributed by atoms with Crippen molar-refractivity contribution in [2.75, 3.05) is 5.32 Å². The van der Waals surface area contributed by atoms with Crippen molar-refractivity contribution in [2.24, 2.45) is 0 Å². The maximum absolute atomic E-state index is 4.66. The average molecular weight is 334 g/mol. The highest BCUT2D eigenvalue weighted by Crippen LogP contribution is 2.33. The summed E-state index contributed by atoms with van der Waals surface area (Å²) in [4.78, 5) is 4.66. The highest BCUT2D eigenvalue weighted by molar-refractivity contribution is 9.10. The van der Waals surface area contributed by atoms with Crippen LogP contribution >= 0.6 is 15.9 Å². The zero-order valence-electron chi connectivity index (χ0n) is 12.0. The molecule has 1 aliphatic rings. The smallest absolute Gasteiger partial charge is 0.207 e. The summed E-state index contributed by atoms with van der Waals surface area (Å²) in [6, 6.07) is 6.82. The Morgan fingerprint density at radius 3 is 2.75 bits per heavy atom. The van der Waals surface area contributed by atoms with E-state index in [9.17, 15) is 0 Å². The van der Waals surface area contributed by atoms with Crippen LogP contribution in [0.5, 0.6) is 0 Å². The summed E-state index contributed by atoms with van der Waals surface area (Å²) in [5.41, 5.74) is 3.40. The number of rotatable bonds is 3. The number of benzene rings is 1. The van der Waals surface area contributed by atoms with E-state index in [1.165, 1.54) is 31.2 Å². The first-order chi connectivity index (χ1) is 9.65. The molecule has 0 aliphatic heterocycles. The Balaban J connectivity index is 1.92. The van der Waals surface area contributed by atoms with Crippen LogP contribution in [0.3, 0.4) is 0 Å². The standard InChI is InChI=1S/C16H20BrN3/c1-11-10-20(13-6-3-4-7-13)16(18-11)19-15-9-5-8-14(17)12(15)2/h5,8-10,13H,3-4,6-7H2,1-2H3,(H,18,19). The Morgan fingerprint density at radius 1 is 1.25 bits per heavy atom. The van der Waals surface area contributed by atoms with Crippen molar-refractivity contribution in [3.8, 4) is 0 Å². The molecule has 1 N–H and O–H groups in total. The van der Waals surface area contributed by atoms with E-state index in [0.717, 1.165) is 21.8 Å². The van der Waals surface area contributed by atoms with Crippen molar-refractivity contribution in [1.29, 1.82) is 0 Å². The second-order valence-electron chi connectivity index (χ2n) is 5.59. The summed E-state index contributed by atoms with van der Waals surface area (Å²) in [5, 5.41) is 3.50. The number of nitrogens with one attached hydrogen (secondary N) is 1. The highest BCUT2D eigenvalue weighted by Gasteiger charge is 2.20. The SMILES string of the molecule is Cc1cn(C2CCCC2)c(Nc2cccc(Br)c2C)n1. The fraction of sp³-hybridized carbons (Fsp3) is 0.438. The van der Waals surface area contributed by atoms with Crippen molar-refractivity contribution in [2.45, 2.75) is 45.6 Å². The molecule has 1 aromatic heterocycles. The summed E-state index contributed by atoms with van der Waals surface area (Å²) in [6.07, 6.45) is 7.37. The van der Waals surface area contributed by atoms with Crippen LogP contribution in [0.2, 0.25) is 0 Å². The molecule has 1 fully saturated rings. The molecule has 1 heterocycles. The molecule has 0 amide bonds. The van der Waals surface area contributed by atoms with Gasteiger partial charge in [-0.25, -0.2) is 4.98 Å². The van der Waals surface area contributed by atoms with Gasteiger partial charge in [0.05, 0.1) is 5.69 Å². The van der Waals surface area contributed by atoms with Crippen molar-refractivity contribution in [3.05, 3.63) is 40.1 Å². The number of anilines is 2. The molecule has 106 valence electrons. The number of imidazole rings is 1. The topological polar surface area (TPSA) is 29.9 Å². The second-order valence-corrected chi connectivity index (χ2v) is 6.44. The van der Waals surface area contributed by atoms with E-state index in [-0.39, 0.29) is 0 Å². The molecular weight excluding hydrogens is 314 g/mol. The van der Waals surface area contributed by atoms with Crippen LogP contribution in [-0.2, 0) is 0 Å². The molecule has 0 radical (unpaired) electrons. The van der Waals surface area contributed by atoms with Crippen LogP contribution in [-0.4, -0.2) is 9.55 Å². The Bertz CT molecular complexity index is 612. The lowest BCUT2D eigenvalue weighted by atomic mass is 10.2. The molecular formula is C16H20BrN3. The van der Waals surface area contributed by atoms with Crippen LogP contribution in [0.1, 0.15) is 43.0 Å². The van der Waals surface area contributed by atoms with Gasteiger partial charge >= 0.3 is 0 Å². The summed E-state index contributed by atoms with van der Waals surface area (Å²) in [7, 11) is 0. The number of halogens is 1. The van der Waals surface area contributed by atoms with Gasteiger partial charge in [0.15, 0.2) is 0 Å². The maximum atomic E-state index is 4.66. The zero-order valence-corrected chi connectivity index (χ0v) is 13.6. The van der Waals surface area contributed by atoms with Crippen molar-refractivity contribution in [1.82, 2.24) is 9.55 Å². The minimum absolute atomic E-state index is 0.603. The fourth-order valence-electron chi connectivity index (χ4n) is 2.93. The van der Waals surface area contributed by atoms with Crippen LogP contribution < -0.4 is 5.32 Å². The third-order valence-corrected chi connectivity index (χ3v) is 4.94. The molecule has 1 aromatic carbocycles. The minimum atomic E-state index is 0.603. The van der Waals surface area contributed by atoms with Gasteiger partial charge in [-0.05, 0) is 44.4 Å². The predicted octanol–water partition coefficient (Wildman–Crippen LogP) is 5.12. The predicted molar refractivity (Wildman–Crippen MR) is 86.6 cm³/mol. The molecule has 0 bridgehead atoms. The molecule has 20 heavy (non-hydrogen) atoms. The second kappa shape index (κ2) is 5.60. The Hall–Kier alpha value is -1.29. The molecule has 0 atom stereocenters. The van der Waals surface area contributed by atoms with Crippen molar-refractivity contribution in [3.63, 3.8) is 0 Å². The summed E-state index contributed by atoms with van der Waals surface area (Å²) in [6.45, 7) is 4.17. The molecule has 0 spiro atoms. The first-order valence-corrected chi connectivity index (χ1v) is 8.02. The molecule has 3 nitrogen and oxygen atoms in total. The molecule has 4 heteroatoms. The van der Waals surface area contributed by atoms with E-state index < -0.39 is 0 Å². The summed E-state index contributed by atoms with van der Waals surface area (Å²) in [5.74, 6) is 0.968. The highest BCUT2D eigenvalue weighted by atomic mass is 79.9. The number of hydrogen-bond acceptors (Lipinski definition) is 2. The third-order valence-electron chi connectivity index (χ3n) is 4.08. The molecule has 3 rings (SSSR count). The van der Waals surface area contributed by atoms with Gasteiger partial charge in [0.25, 0.3) is 0 Å². The quantitative estimate of drug-likeness (QED) is 0.844. The van der Waals surface area contributed by atoms with Gasteiger partial charge in [0, 0.05) is 22.4 Å². The fourth-order valence-corrected chi connectivity index (χ4v) is 3.30. The van der Waals surface area contributed by atoms with E-state index in [2.05, 4.69) is 69.0 Å². The molecule has 1 aliphatic carbocycles. The Labute approximate surface area is 128 Å². The van der Waals surface area contributed by atoms with Crippen LogP contribution in [0.4, 0.5) is 11.6 Å². The van der Waals surface area contributed by atoms with Gasteiger partial charge in [-0.1, -0.05) is 34.8 Å². The van der Waals surface area contributed by atoms with E-state index >= 15 is 0 Å². The van der Waals surface area contributed by atoms with Crippen molar-refractivity contribution >= 4 is 27.6 Å². The Kier molecular flexibility index (Phi) is 3.83. The zero-order chi connectivity index (χ0) is 14.1. The lowest BCUT2D eigenvalue weighted by Gasteiger charge is -2.17. The van der Waals surface area contributed by atoms with Gasteiger partial charge < -0.3 is 9.88 Å². The lowest BCUT2D eigenvalue weighted by Crippen LogP contribution is -2.08. The van der Waals surface area contributed by atoms with Crippen molar-refractivity contribution < 1.29 is 0 Å². The van der Waals surface area contributed by atoms with E-state index in [0.29, 0.717) is 6.04 Å². The number of aromatic nitrogens is 2. The van der Waals surface area contributed by atoms with Crippen LogP contribution in [0.25, 0.3) is 0 Å². The summed E-state index contributed by atoms with van der Waals surface area (Å²) < 4.78 is 3.45. The van der Waals surface area contributed by atoms with Gasteiger partial charge in [-0.2, -0.15) is 0 Å². The summed E-state index contributed by atoms with van der Waals surface area (Å²) >= 11 is 3.58. The number of aryl methyl sites for hydroxylation is 1. The van der Waals surface area contributed by atoms with Crippen LogP contribution in [0, 0.1) is 13.8 Å². The third kappa shape index (κ3) is 2.62. The van der Waals surface area contributed by atoms with Gasteiger partial charge in [-0.3, -0.25) is 0 Å². The van der Waals surface area contributed by atoms with Gasteiger partial charge in [0.1, 0.15) is 0 Å². The lowest BCUT2D eigenvalue weighted by molar-refractivity contribution is 0.524. The van der Waals surface area contributed by atoms with Gasteiger partial charge in [0.2, 0.25) is 5.95 Å². The minimum Gasteiger partial charge on any atom is -0.325 e. The molecule has 1 saturated carbocycles. The normalized spacial score (nSPS) is 15.8. The number of nitrogens with zero attached hydrogens (tertiary/aromatic N) is 2. The first kappa shape index (κ1) is 13.7. The number of hydrogen-bond donors (Lipinski definition) is 1. The first-order valence-electron chi connectivity index (χ1n) is 7.23. The van der Waals surface area contributed by atoms with Gasteiger partial charge in [-0.15, -0.1) is 0 Å². The monoisotopic (exact) mass is 333 g/mol. The maximum Gasteiger partial charge on any atom is 0.207 e. The molecule has 2 aromatic rings. The Morgan fingerprint density at radius 2 is 2.00 bits per heavy atom. The molecule has 0 saturated heterocycles. The molecule has 0 unspecified atom stereocenters. The van der Waals surface area contributed by atoms with E-state index in [1.807, 2.05) is 0 Å². The van der Waals surface area contributed by atoms with E-state index in [1.54, 1.807) is 0 Å². The van der Waals surface area contributed by atoms with E-state index in [4.69, 9.17) is 0 Å².